The zero-order chi connectivity index (χ0) is 23.0. The van der Waals surface area contributed by atoms with Gasteiger partial charge in [-0.05, 0) is 29.7 Å². The molecule has 3 aromatic heterocycles. The highest BCUT2D eigenvalue weighted by Crippen LogP contribution is 2.37. The van der Waals surface area contributed by atoms with E-state index >= 15 is 0 Å². The van der Waals surface area contributed by atoms with Crippen LogP contribution in [0.25, 0.3) is 21.3 Å². The van der Waals surface area contributed by atoms with E-state index in [1.165, 1.54) is 23.9 Å². The van der Waals surface area contributed by atoms with Crippen LogP contribution in [-0.2, 0) is 16.3 Å². The summed E-state index contributed by atoms with van der Waals surface area (Å²) in [4.78, 5) is 20.2. The molecule has 33 heavy (non-hydrogen) atoms. The van der Waals surface area contributed by atoms with Crippen molar-refractivity contribution in [2.24, 2.45) is 0 Å². The maximum Gasteiger partial charge on any atom is 0.235 e. The molecular weight excluding hydrogens is 458 g/mol. The van der Waals surface area contributed by atoms with Crippen LogP contribution >= 0.6 is 11.3 Å². The number of aryl methyl sites for hydroxylation is 1. The first-order valence-corrected chi connectivity index (χ1v) is 13.4. The molecule has 0 amide bonds. The van der Waals surface area contributed by atoms with Crippen LogP contribution < -0.4 is 9.64 Å². The van der Waals surface area contributed by atoms with Crippen molar-refractivity contribution >= 4 is 37.3 Å². The second kappa shape index (κ2) is 8.68. The lowest BCUT2D eigenvalue weighted by molar-refractivity contribution is 0.219. The Morgan fingerprint density at radius 3 is 2.58 bits per heavy atom. The molecule has 4 heterocycles. The smallest absolute Gasteiger partial charge is 0.235 e. The minimum absolute atomic E-state index is 0.0165. The van der Waals surface area contributed by atoms with Gasteiger partial charge in [0, 0.05) is 42.6 Å². The van der Waals surface area contributed by atoms with E-state index in [-0.39, 0.29) is 6.10 Å². The average Bonchev–Trinajstić information content (AvgIpc) is 3.47. The number of rotatable bonds is 6. The van der Waals surface area contributed by atoms with Crippen LogP contribution in [0.5, 0.6) is 5.88 Å². The quantitative estimate of drug-likeness (QED) is 0.410. The van der Waals surface area contributed by atoms with Gasteiger partial charge in [0.1, 0.15) is 17.1 Å². The predicted octanol–water partition coefficient (Wildman–Crippen LogP) is 3.77. The third kappa shape index (κ3) is 4.40. The number of hydrogen-bond donors (Lipinski definition) is 0. The molecule has 0 radical (unpaired) electrons. The van der Waals surface area contributed by atoms with E-state index in [4.69, 9.17) is 4.74 Å². The van der Waals surface area contributed by atoms with Gasteiger partial charge in [-0.1, -0.05) is 19.1 Å². The summed E-state index contributed by atoms with van der Waals surface area (Å²) < 4.78 is 30.7. The van der Waals surface area contributed by atoms with E-state index in [2.05, 4.69) is 31.8 Å². The molecule has 4 aromatic rings. The van der Waals surface area contributed by atoms with Gasteiger partial charge < -0.3 is 9.64 Å². The van der Waals surface area contributed by atoms with Crippen molar-refractivity contribution in [2.75, 3.05) is 24.2 Å². The van der Waals surface area contributed by atoms with Crippen molar-refractivity contribution < 1.29 is 13.2 Å². The van der Waals surface area contributed by atoms with Crippen LogP contribution in [0, 0.1) is 0 Å². The van der Waals surface area contributed by atoms with Gasteiger partial charge in [0.05, 0.1) is 17.0 Å². The summed E-state index contributed by atoms with van der Waals surface area (Å²) >= 11 is 1.52. The summed E-state index contributed by atoms with van der Waals surface area (Å²) in [5.74, 6) is 1.29. The summed E-state index contributed by atoms with van der Waals surface area (Å²) in [6, 6.07) is 6.85. The lowest BCUT2D eigenvalue weighted by Crippen LogP contribution is -2.26. The second-order valence-corrected chi connectivity index (χ2v) is 10.9. The van der Waals surface area contributed by atoms with Crippen molar-refractivity contribution in [3.63, 3.8) is 0 Å². The van der Waals surface area contributed by atoms with Crippen LogP contribution in [-0.4, -0.2) is 53.8 Å². The largest absolute Gasteiger partial charge is 0.471 e. The molecule has 0 spiro atoms. The van der Waals surface area contributed by atoms with Gasteiger partial charge in [0.25, 0.3) is 0 Å². The molecule has 10 heteroatoms. The minimum Gasteiger partial charge on any atom is -0.471 e. The normalized spacial score (nSPS) is 16.4. The number of benzene rings is 1. The number of sulfone groups is 1. The summed E-state index contributed by atoms with van der Waals surface area (Å²) in [7, 11) is -3.24. The number of fused-ring (bicyclic) bond motifs is 1. The third-order valence-corrected chi connectivity index (χ3v) is 7.81. The highest BCUT2D eigenvalue weighted by atomic mass is 32.2. The van der Waals surface area contributed by atoms with Crippen LogP contribution in [0.3, 0.4) is 0 Å². The first kappa shape index (κ1) is 21.7. The van der Waals surface area contributed by atoms with E-state index in [9.17, 15) is 8.42 Å². The number of thiophene rings is 1. The molecule has 5 rings (SSSR count). The summed E-state index contributed by atoms with van der Waals surface area (Å²) in [5, 5.41) is 2.01. The van der Waals surface area contributed by atoms with Crippen molar-refractivity contribution in [3.8, 4) is 17.0 Å². The molecule has 1 aliphatic heterocycles. The fraction of sp³-hybridized carbons (Fsp3) is 0.304. The molecular formula is C23H23N5O3S2. The number of ether oxygens (including phenoxy) is 1. The standard InChI is InChI=1S/C23H23N5O3S2/c1-3-15-10-24-23(25-11-15)28-9-8-17(12-28)31-22-21-20(26-14-27-22)19(13-32-21)16-4-6-18(7-5-16)33(2,29)30/h4-7,10-11,13-14,17H,3,8-9,12H2,1-2H3. The maximum atomic E-state index is 11.7. The van der Waals surface area contributed by atoms with E-state index in [1.54, 1.807) is 24.3 Å². The molecule has 1 unspecified atom stereocenters. The summed E-state index contributed by atoms with van der Waals surface area (Å²) in [6.07, 6.45) is 8.22. The highest BCUT2D eigenvalue weighted by Gasteiger charge is 2.27. The Labute approximate surface area is 196 Å². The Kier molecular flexibility index (Phi) is 5.71. The molecule has 0 N–H and O–H groups in total. The molecule has 0 aliphatic carbocycles. The Hall–Kier alpha value is -3.11. The van der Waals surface area contributed by atoms with Gasteiger partial charge in [0.2, 0.25) is 11.8 Å². The first-order chi connectivity index (χ1) is 15.9. The molecule has 1 saturated heterocycles. The number of hydrogen-bond acceptors (Lipinski definition) is 9. The van der Waals surface area contributed by atoms with Crippen molar-refractivity contribution in [1.82, 2.24) is 19.9 Å². The van der Waals surface area contributed by atoms with Crippen LogP contribution in [0.1, 0.15) is 18.9 Å². The summed E-state index contributed by atoms with van der Waals surface area (Å²) in [6.45, 7) is 3.61. The first-order valence-electron chi connectivity index (χ1n) is 10.7. The second-order valence-electron chi connectivity index (χ2n) is 8.02. The molecule has 1 aromatic carbocycles. The van der Waals surface area contributed by atoms with Crippen LogP contribution in [0.4, 0.5) is 5.95 Å². The zero-order valence-corrected chi connectivity index (χ0v) is 19.9. The van der Waals surface area contributed by atoms with Gasteiger partial charge in [-0.15, -0.1) is 11.3 Å². The van der Waals surface area contributed by atoms with Crippen molar-refractivity contribution in [2.45, 2.75) is 30.8 Å². The van der Waals surface area contributed by atoms with Gasteiger partial charge in [-0.25, -0.2) is 28.4 Å². The summed E-state index contributed by atoms with van der Waals surface area (Å²) in [5.41, 5.74) is 3.75. The fourth-order valence-electron chi connectivity index (χ4n) is 3.86. The lowest BCUT2D eigenvalue weighted by Gasteiger charge is -2.17. The van der Waals surface area contributed by atoms with E-state index < -0.39 is 9.84 Å². The number of aromatic nitrogens is 4. The predicted molar refractivity (Wildman–Crippen MR) is 129 cm³/mol. The Balaban J connectivity index is 1.35. The molecule has 1 fully saturated rings. The van der Waals surface area contributed by atoms with E-state index in [1.807, 2.05) is 17.8 Å². The molecule has 170 valence electrons. The topological polar surface area (TPSA) is 98.2 Å². The van der Waals surface area contributed by atoms with Gasteiger partial charge in [-0.2, -0.15) is 0 Å². The van der Waals surface area contributed by atoms with Crippen LogP contribution in [0.15, 0.2) is 53.3 Å². The van der Waals surface area contributed by atoms with Gasteiger partial charge in [0.15, 0.2) is 9.84 Å². The minimum atomic E-state index is -3.24. The third-order valence-electron chi connectivity index (χ3n) is 5.72. The van der Waals surface area contributed by atoms with Gasteiger partial charge in [-0.3, -0.25) is 0 Å². The van der Waals surface area contributed by atoms with Crippen LogP contribution in [0.2, 0.25) is 0 Å². The molecule has 8 nitrogen and oxygen atoms in total. The monoisotopic (exact) mass is 481 g/mol. The average molecular weight is 482 g/mol. The Bertz CT molecular complexity index is 1390. The molecule has 1 aliphatic rings. The number of anilines is 1. The van der Waals surface area contributed by atoms with Gasteiger partial charge >= 0.3 is 0 Å². The zero-order valence-electron chi connectivity index (χ0n) is 18.3. The Morgan fingerprint density at radius 2 is 1.88 bits per heavy atom. The fourth-order valence-corrected chi connectivity index (χ4v) is 5.45. The van der Waals surface area contributed by atoms with E-state index in [0.29, 0.717) is 17.3 Å². The number of nitrogens with zero attached hydrogens (tertiary/aromatic N) is 5. The highest BCUT2D eigenvalue weighted by molar-refractivity contribution is 7.90. The van der Waals surface area contributed by atoms with Crippen molar-refractivity contribution in [1.29, 1.82) is 0 Å². The molecule has 0 saturated carbocycles. The van der Waals surface area contributed by atoms with Crippen molar-refractivity contribution in [3.05, 3.63) is 53.9 Å². The molecule has 0 bridgehead atoms. The Morgan fingerprint density at radius 1 is 1.12 bits per heavy atom. The lowest BCUT2D eigenvalue weighted by atomic mass is 10.1. The molecule has 1 atom stereocenters. The van der Waals surface area contributed by atoms with E-state index in [0.717, 1.165) is 52.2 Å². The maximum absolute atomic E-state index is 11.7. The SMILES string of the molecule is CCc1cnc(N2CCC(Oc3ncnc4c(-c5ccc(S(C)(=O)=O)cc5)csc34)C2)nc1.